The Bertz CT molecular complexity index is 1590. The predicted octanol–water partition coefficient (Wildman–Crippen LogP) is 7.08. The highest BCUT2D eigenvalue weighted by Crippen LogP contribution is 2.50. The molecule has 2 N–H and O–H groups in total. The number of anilines is 2. The van der Waals surface area contributed by atoms with Crippen LogP contribution in [0.4, 0.5) is 11.4 Å². The van der Waals surface area contributed by atoms with Gasteiger partial charge >= 0.3 is 0 Å². The second-order valence-electron chi connectivity index (χ2n) is 9.76. The SMILES string of the molecule is Cc1ccc(NS(=O)(=O)c2ccc3c(c2)C2C=CCC2C(c2ccc4ccccc4c2)N3)c(C)c1. The largest absolute Gasteiger partial charge is 0.378 e. The topological polar surface area (TPSA) is 58.2 Å². The molecule has 3 unspecified atom stereocenters. The van der Waals surface area contributed by atoms with E-state index in [1.54, 1.807) is 6.07 Å². The molecule has 1 aliphatic carbocycles. The molecule has 0 saturated heterocycles. The van der Waals surface area contributed by atoms with Crippen LogP contribution >= 0.6 is 0 Å². The molecule has 0 saturated carbocycles. The lowest BCUT2D eigenvalue weighted by Crippen LogP contribution is -2.29. The van der Waals surface area contributed by atoms with Gasteiger partial charge in [-0.3, -0.25) is 4.72 Å². The third kappa shape index (κ3) is 3.90. The molecule has 5 heteroatoms. The number of nitrogens with one attached hydrogen (secondary N) is 2. The van der Waals surface area contributed by atoms with Crippen molar-refractivity contribution in [3.63, 3.8) is 0 Å². The van der Waals surface area contributed by atoms with E-state index in [0.29, 0.717) is 16.5 Å². The van der Waals surface area contributed by atoms with E-state index in [1.165, 1.54) is 16.3 Å². The van der Waals surface area contributed by atoms with Gasteiger partial charge in [0.15, 0.2) is 0 Å². The number of allylic oxidation sites excluding steroid dienone is 2. The summed E-state index contributed by atoms with van der Waals surface area (Å²) in [5.74, 6) is 0.521. The van der Waals surface area contributed by atoms with Crippen LogP contribution in [0.15, 0.2) is 95.9 Å². The quantitative estimate of drug-likeness (QED) is 0.307. The molecule has 0 aromatic heterocycles. The zero-order valence-corrected chi connectivity index (χ0v) is 20.6. The summed E-state index contributed by atoms with van der Waals surface area (Å²) in [5.41, 5.74) is 5.93. The number of sulfonamides is 1. The van der Waals surface area contributed by atoms with Crippen molar-refractivity contribution >= 4 is 32.2 Å². The number of aryl methyl sites for hydroxylation is 2. The number of hydrogen-bond donors (Lipinski definition) is 2. The van der Waals surface area contributed by atoms with Gasteiger partial charge in [0.2, 0.25) is 0 Å². The van der Waals surface area contributed by atoms with Crippen LogP contribution in [0.5, 0.6) is 0 Å². The molecule has 35 heavy (non-hydrogen) atoms. The van der Waals surface area contributed by atoms with Crippen molar-refractivity contribution in [2.75, 3.05) is 10.0 Å². The lowest BCUT2D eigenvalue weighted by atomic mass is 9.77. The molecule has 4 nitrogen and oxygen atoms in total. The first-order valence-corrected chi connectivity index (χ1v) is 13.5. The first-order chi connectivity index (χ1) is 16.9. The molecule has 1 heterocycles. The second-order valence-corrected chi connectivity index (χ2v) is 11.4. The average molecular weight is 481 g/mol. The third-order valence-corrected chi connectivity index (χ3v) is 8.77. The molecule has 4 aromatic rings. The lowest BCUT2D eigenvalue weighted by molar-refractivity contribution is 0.425. The monoisotopic (exact) mass is 480 g/mol. The van der Waals surface area contributed by atoms with Gasteiger partial charge < -0.3 is 5.32 Å². The minimum absolute atomic E-state index is 0.169. The number of rotatable bonds is 4. The maximum absolute atomic E-state index is 13.3. The summed E-state index contributed by atoms with van der Waals surface area (Å²) in [7, 11) is -3.70. The zero-order valence-electron chi connectivity index (χ0n) is 19.8. The van der Waals surface area contributed by atoms with E-state index >= 15 is 0 Å². The Labute approximate surface area is 206 Å². The van der Waals surface area contributed by atoms with Gasteiger partial charge in [-0.2, -0.15) is 0 Å². The van der Waals surface area contributed by atoms with Crippen LogP contribution in [0, 0.1) is 19.8 Å². The second kappa shape index (κ2) is 8.28. The Hall–Kier alpha value is -3.57. The number of hydrogen-bond acceptors (Lipinski definition) is 3. The first-order valence-electron chi connectivity index (χ1n) is 12.0. The summed E-state index contributed by atoms with van der Waals surface area (Å²) in [6.45, 7) is 3.92. The summed E-state index contributed by atoms with van der Waals surface area (Å²) >= 11 is 0. The van der Waals surface area contributed by atoms with Crippen LogP contribution in [0.3, 0.4) is 0 Å². The highest BCUT2D eigenvalue weighted by Gasteiger charge is 2.38. The molecule has 3 atom stereocenters. The van der Waals surface area contributed by atoms with Gasteiger partial charge in [0.05, 0.1) is 16.6 Å². The van der Waals surface area contributed by atoms with Crippen molar-refractivity contribution in [1.29, 1.82) is 0 Å². The Morgan fingerprint density at radius 1 is 0.886 bits per heavy atom. The fourth-order valence-electron chi connectivity index (χ4n) is 5.60. The molecule has 6 rings (SSSR count). The van der Waals surface area contributed by atoms with Crippen molar-refractivity contribution in [3.05, 3.63) is 113 Å². The molecule has 176 valence electrons. The van der Waals surface area contributed by atoms with Crippen molar-refractivity contribution < 1.29 is 8.42 Å². The van der Waals surface area contributed by atoms with E-state index in [9.17, 15) is 8.42 Å². The van der Waals surface area contributed by atoms with Crippen LogP contribution in [-0.2, 0) is 10.0 Å². The van der Waals surface area contributed by atoms with E-state index in [-0.39, 0.29) is 12.0 Å². The smallest absolute Gasteiger partial charge is 0.261 e. The molecule has 0 amide bonds. The van der Waals surface area contributed by atoms with Gasteiger partial charge in [0.25, 0.3) is 10.0 Å². The van der Waals surface area contributed by atoms with Crippen molar-refractivity contribution in [2.45, 2.75) is 37.1 Å². The van der Waals surface area contributed by atoms with Gasteiger partial charge in [-0.05, 0) is 84.0 Å². The molecule has 0 fully saturated rings. The molecular formula is C30H28N2O2S. The maximum atomic E-state index is 13.3. The fraction of sp³-hybridized carbons (Fsp3) is 0.200. The Morgan fingerprint density at radius 3 is 2.54 bits per heavy atom. The highest BCUT2D eigenvalue weighted by atomic mass is 32.2. The summed E-state index contributed by atoms with van der Waals surface area (Å²) in [5, 5.41) is 6.21. The van der Waals surface area contributed by atoms with E-state index in [2.05, 4.69) is 64.7 Å². The van der Waals surface area contributed by atoms with E-state index < -0.39 is 10.0 Å². The number of fused-ring (bicyclic) bond motifs is 4. The normalized spacial score (nSPS) is 20.8. The molecule has 4 aromatic carbocycles. The predicted molar refractivity (Wildman–Crippen MR) is 143 cm³/mol. The van der Waals surface area contributed by atoms with Crippen LogP contribution in [0.2, 0.25) is 0 Å². The molecule has 0 bridgehead atoms. The highest BCUT2D eigenvalue weighted by molar-refractivity contribution is 7.92. The van der Waals surface area contributed by atoms with Crippen LogP contribution < -0.4 is 10.0 Å². The van der Waals surface area contributed by atoms with Gasteiger partial charge in [-0.15, -0.1) is 0 Å². The van der Waals surface area contributed by atoms with E-state index in [4.69, 9.17) is 0 Å². The van der Waals surface area contributed by atoms with E-state index in [0.717, 1.165) is 28.8 Å². The van der Waals surface area contributed by atoms with Crippen LogP contribution in [0.25, 0.3) is 10.8 Å². The van der Waals surface area contributed by atoms with Crippen molar-refractivity contribution in [3.8, 4) is 0 Å². The maximum Gasteiger partial charge on any atom is 0.261 e. The van der Waals surface area contributed by atoms with E-state index in [1.807, 2.05) is 44.2 Å². The minimum atomic E-state index is -3.70. The first kappa shape index (κ1) is 21.9. The van der Waals surface area contributed by atoms with Crippen LogP contribution in [0.1, 0.15) is 40.6 Å². The van der Waals surface area contributed by atoms with Crippen molar-refractivity contribution in [2.24, 2.45) is 5.92 Å². The molecule has 0 radical (unpaired) electrons. The molecule has 0 spiro atoms. The van der Waals surface area contributed by atoms with Gasteiger partial charge in [0, 0.05) is 11.6 Å². The fourth-order valence-corrected chi connectivity index (χ4v) is 6.77. The Kier molecular flexibility index (Phi) is 5.19. The van der Waals surface area contributed by atoms with Gasteiger partial charge in [-0.25, -0.2) is 8.42 Å². The molecular weight excluding hydrogens is 452 g/mol. The van der Waals surface area contributed by atoms with Crippen molar-refractivity contribution in [1.82, 2.24) is 0 Å². The average Bonchev–Trinajstić information content (AvgIpc) is 3.35. The number of benzene rings is 4. The lowest BCUT2D eigenvalue weighted by Gasteiger charge is -2.38. The van der Waals surface area contributed by atoms with Crippen LogP contribution in [-0.4, -0.2) is 8.42 Å². The Balaban J connectivity index is 1.35. The standard InChI is InChI=1S/C30H28N2O2S/c1-19-10-14-28(20(2)16-19)32-35(33,34)24-13-15-29-27(18-24)25-8-5-9-26(25)30(31-29)23-12-11-21-6-3-4-7-22(21)17-23/h3-8,10-18,25-26,30-32H,9H2,1-2H3. The molecule has 2 aliphatic rings. The summed E-state index contributed by atoms with van der Waals surface area (Å²) in [4.78, 5) is 0.293. The van der Waals surface area contributed by atoms with Gasteiger partial charge in [-0.1, -0.05) is 66.2 Å². The molecule has 1 aliphatic heterocycles. The minimum Gasteiger partial charge on any atom is -0.378 e. The third-order valence-electron chi connectivity index (χ3n) is 7.40. The summed E-state index contributed by atoms with van der Waals surface area (Å²) in [6.07, 6.45) is 5.44. The zero-order chi connectivity index (χ0) is 24.2. The van der Waals surface area contributed by atoms with Gasteiger partial charge in [0.1, 0.15) is 0 Å². The summed E-state index contributed by atoms with van der Waals surface area (Å²) in [6, 6.07) is 26.5. The summed E-state index contributed by atoms with van der Waals surface area (Å²) < 4.78 is 29.3. The Morgan fingerprint density at radius 2 is 1.71 bits per heavy atom.